The van der Waals surface area contributed by atoms with E-state index < -0.39 is 17.7 Å². The minimum atomic E-state index is -0.538. The number of esters is 1. The second kappa shape index (κ2) is 6.59. The van der Waals surface area contributed by atoms with Gasteiger partial charge in [-0.25, -0.2) is 9.59 Å². The molecule has 0 N–H and O–H groups in total. The topological polar surface area (TPSA) is 55.8 Å². The van der Waals surface area contributed by atoms with Crippen LogP contribution < -0.4 is 0 Å². The second-order valence-electron chi connectivity index (χ2n) is 5.48. The van der Waals surface area contributed by atoms with Crippen LogP contribution in [0.15, 0.2) is 11.8 Å². The summed E-state index contributed by atoms with van der Waals surface area (Å²) in [7, 11) is 0. The molecule has 0 unspecified atom stereocenters. The molecule has 0 radical (unpaired) electrons. The summed E-state index contributed by atoms with van der Waals surface area (Å²) >= 11 is 0. The number of amides is 1. The lowest BCUT2D eigenvalue weighted by Gasteiger charge is -2.31. The molecule has 0 bridgehead atoms. The Bertz CT molecular complexity index is 368. The van der Waals surface area contributed by atoms with Gasteiger partial charge in [-0.3, -0.25) is 4.90 Å². The molecule has 108 valence electrons. The normalized spacial score (nSPS) is 18.3. The van der Waals surface area contributed by atoms with Gasteiger partial charge in [0, 0.05) is 18.3 Å². The predicted molar refractivity (Wildman–Crippen MR) is 71.5 cm³/mol. The number of ether oxygens (including phenoxy) is 2. The fraction of sp³-hybridized carbons (Fsp3) is 0.714. The van der Waals surface area contributed by atoms with Gasteiger partial charge in [-0.1, -0.05) is 0 Å². The number of hydrogen-bond acceptors (Lipinski definition) is 4. The summed E-state index contributed by atoms with van der Waals surface area (Å²) in [6, 6.07) is 0. The van der Waals surface area contributed by atoms with Crippen LogP contribution in [0.5, 0.6) is 0 Å². The Hall–Kier alpha value is -1.52. The van der Waals surface area contributed by atoms with E-state index in [9.17, 15) is 9.59 Å². The van der Waals surface area contributed by atoms with Gasteiger partial charge in [-0.15, -0.1) is 0 Å². The first-order chi connectivity index (χ1) is 8.83. The average molecular weight is 269 g/mol. The molecule has 1 aliphatic rings. The van der Waals surface area contributed by atoms with Crippen LogP contribution in [-0.2, 0) is 14.3 Å². The van der Waals surface area contributed by atoms with Crippen LogP contribution in [0, 0.1) is 0 Å². The maximum atomic E-state index is 12.1. The molecule has 1 amide bonds. The van der Waals surface area contributed by atoms with E-state index in [2.05, 4.69) is 0 Å². The van der Waals surface area contributed by atoms with Crippen molar-refractivity contribution in [2.45, 2.75) is 52.6 Å². The van der Waals surface area contributed by atoms with Crippen LogP contribution in [-0.4, -0.2) is 35.7 Å². The van der Waals surface area contributed by atoms with Gasteiger partial charge in [0.2, 0.25) is 0 Å². The Kier molecular flexibility index (Phi) is 5.39. The monoisotopic (exact) mass is 269 g/mol. The SMILES string of the molecule is CCOC(=O)C=C1CCCCN1C(=O)OC(C)(C)C. The van der Waals surface area contributed by atoms with Crippen LogP contribution in [0.3, 0.4) is 0 Å². The van der Waals surface area contributed by atoms with E-state index in [0.29, 0.717) is 25.3 Å². The first-order valence-electron chi connectivity index (χ1n) is 6.71. The van der Waals surface area contributed by atoms with Crippen molar-refractivity contribution in [1.29, 1.82) is 0 Å². The van der Waals surface area contributed by atoms with Crippen molar-refractivity contribution >= 4 is 12.1 Å². The summed E-state index contributed by atoms with van der Waals surface area (Å²) < 4.78 is 10.2. The third-order valence-electron chi connectivity index (χ3n) is 2.60. The molecule has 0 atom stereocenters. The zero-order valence-electron chi connectivity index (χ0n) is 12.2. The van der Waals surface area contributed by atoms with E-state index in [4.69, 9.17) is 9.47 Å². The number of likely N-dealkylation sites (tertiary alicyclic amines) is 1. The number of hydrogen-bond donors (Lipinski definition) is 0. The highest BCUT2D eigenvalue weighted by Crippen LogP contribution is 2.23. The molecule has 1 aliphatic heterocycles. The lowest BCUT2D eigenvalue weighted by molar-refractivity contribution is -0.137. The Morgan fingerprint density at radius 2 is 2.00 bits per heavy atom. The van der Waals surface area contributed by atoms with Crippen molar-refractivity contribution in [2.75, 3.05) is 13.2 Å². The standard InChI is InChI=1S/C14H23NO4/c1-5-18-12(16)10-11-8-6-7-9-15(11)13(17)19-14(2,3)4/h10H,5-9H2,1-4H3. The summed E-state index contributed by atoms with van der Waals surface area (Å²) in [4.78, 5) is 25.1. The molecule has 5 heteroatoms. The number of rotatable bonds is 2. The molecular weight excluding hydrogens is 246 g/mol. The minimum absolute atomic E-state index is 0.328. The Morgan fingerprint density at radius 3 is 2.58 bits per heavy atom. The van der Waals surface area contributed by atoms with Crippen molar-refractivity contribution in [3.05, 3.63) is 11.8 Å². The van der Waals surface area contributed by atoms with Crippen molar-refractivity contribution in [1.82, 2.24) is 4.90 Å². The second-order valence-corrected chi connectivity index (χ2v) is 5.48. The highest BCUT2D eigenvalue weighted by atomic mass is 16.6. The maximum Gasteiger partial charge on any atom is 0.414 e. The predicted octanol–water partition coefficient (Wildman–Crippen LogP) is 2.85. The summed E-state index contributed by atoms with van der Waals surface area (Å²) in [5, 5.41) is 0. The van der Waals surface area contributed by atoms with Crippen molar-refractivity contribution < 1.29 is 19.1 Å². The van der Waals surface area contributed by atoms with E-state index in [1.54, 1.807) is 6.92 Å². The molecule has 1 fully saturated rings. The molecule has 1 heterocycles. The molecule has 5 nitrogen and oxygen atoms in total. The van der Waals surface area contributed by atoms with Gasteiger partial charge in [0.05, 0.1) is 6.61 Å². The number of carbonyl (C=O) groups is 2. The molecule has 0 aliphatic carbocycles. The van der Waals surface area contributed by atoms with Gasteiger partial charge in [-0.2, -0.15) is 0 Å². The third-order valence-corrected chi connectivity index (χ3v) is 2.60. The molecule has 19 heavy (non-hydrogen) atoms. The minimum Gasteiger partial charge on any atom is -0.463 e. The van der Waals surface area contributed by atoms with E-state index in [0.717, 1.165) is 12.8 Å². The van der Waals surface area contributed by atoms with Crippen LogP contribution in [0.25, 0.3) is 0 Å². The quantitative estimate of drug-likeness (QED) is 0.571. The Labute approximate surface area is 114 Å². The number of piperidine rings is 1. The molecule has 0 aromatic rings. The van der Waals surface area contributed by atoms with E-state index in [1.807, 2.05) is 20.8 Å². The highest BCUT2D eigenvalue weighted by Gasteiger charge is 2.27. The van der Waals surface area contributed by atoms with Gasteiger partial charge in [0.1, 0.15) is 5.60 Å². The Balaban J connectivity index is 2.77. The van der Waals surface area contributed by atoms with Crippen molar-refractivity contribution in [3.63, 3.8) is 0 Å². The van der Waals surface area contributed by atoms with Crippen LogP contribution >= 0.6 is 0 Å². The lowest BCUT2D eigenvalue weighted by atomic mass is 10.1. The van der Waals surface area contributed by atoms with Gasteiger partial charge in [0.15, 0.2) is 0 Å². The molecule has 0 spiro atoms. The zero-order valence-corrected chi connectivity index (χ0v) is 12.2. The molecule has 0 aromatic carbocycles. The highest BCUT2D eigenvalue weighted by molar-refractivity contribution is 5.84. The fourth-order valence-electron chi connectivity index (χ4n) is 1.85. The summed E-state index contributed by atoms with van der Waals surface area (Å²) in [6.07, 6.45) is 3.57. The molecule has 0 saturated carbocycles. The van der Waals surface area contributed by atoms with E-state index >= 15 is 0 Å². The van der Waals surface area contributed by atoms with E-state index in [1.165, 1.54) is 11.0 Å². The van der Waals surface area contributed by atoms with Crippen LogP contribution in [0.4, 0.5) is 4.79 Å². The zero-order chi connectivity index (χ0) is 14.5. The van der Waals surface area contributed by atoms with Gasteiger partial charge >= 0.3 is 12.1 Å². The van der Waals surface area contributed by atoms with Crippen LogP contribution in [0.2, 0.25) is 0 Å². The van der Waals surface area contributed by atoms with Crippen molar-refractivity contribution in [3.8, 4) is 0 Å². The maximum absolute atomic E-state index is 12.1. The first kappa shape index (κ1) is 15.5. The smallest absolute Gasteiger partial charge is 0.414 e. The Morgan fingerprint density at radius 1 is 1.32 bits per heavy atom. The largest absolute Gasteiger partial charge is 0.463 e. The van der Waals surface area contributed by atoms with Gasteiger partial charge in [-0.05, 0) is 47.0 Å². The molecule has 1 rings (SSSR count). The van der Waals surface area contributed by atoms with Gasteiger partial charge in [0.25, 0.3) is 0 Å². The summed E-state index contributed by atoms with van der Waals surface area (Å²) in [5.41, 5.74) is 0.141. The fourth-order valence-corrected chi connectivity index (χ4v) is 1.85. The number of nitrogens with zero attached hydrogens (tertiary/aromatic N) is 1. The lowest BCUT2D eigenvalue weighted by Crippen LogP contribution is -2.39. The number of carbonyl (C=O) groups excluding carboxylic acids is 2. The molecule has 1 saturated heterocycles. The molecular formula is C14H23NO4. The van der Waals surface area contributed by atoms with Crippen LogP contribution in [0.1, 0.15) is 47.0 Å². The first-order valence-corrected chi connectivity index (χ1v) is 6.71. The van der Waals surface area contributed by atoms with E-state index in [-0.39, 0.29) is 0 Å². The summed E-state index contributed by atoms with van der Waals surface area (Å²) in [5.74, 6) is -0.409. The van der Waals surface area contributed by atoms with Crippen molar-refractivity contribution in [2.24, 2.45) is 0 Å². The number of allylic oxidation sites excluding steroid dienone is 1. The third kappa shape index (κ3) is 5.32. The van der Waals surface area contributed by atoms with Gasteiger partial charge < -0.3 is 9.47 Å². The average Bonchev–Trinajstić information content (AvgIpc) is 2.27. The molecule has 0 aromatic heterocycles. The summed E-state index contributed by atoms with van der Waals surface area (Å²) in [6.45, 7) is 8.13.